The number of nitrogens with zero attached hydrogens (tertiary/aromatic N) is 4. The number of thiazole rings is 1. The fourth-order valence-electron chi connectivity index (χ4n) is 1.85. The Bertz CT molecular complexity index is 856. The average Bonchev–Trinajstić information content (AvgIpc) is 3.20. The van der Waals surface area contributed by atoms with Gasteiger partial charge in [0.15, 0.2) is 9.96 Å². The minimum absolute atomic E-state index is 0.208. The van der Waals surface area contributed by atoms with E-state index in [1.54, 1.807) is 0 Å². The maximum atomic E-state index is 12.0. The lowest BCUT2D eigenvalue weighted by atomic mass is 10.2. The van der Waals surface area contributed by atoms with Gasteiger partial charge in [-0.05, 0) is 11.6 Å². The number of rotatable bonds is 5. The van der Waals surface area contributed by atoms with Gasteiger partial charge in [0, 0.05) is 16.6 Å². The Labute approximate surface area is 145 Å². The summed E-state index contributed by atoms with van der Waals surface area (Å²) in [4.78, 5) is 20.8. The molecule has 0 saturated heterocycles. The first-order valence-electron chi connectivity index (χ1n) is 6.65. The first-order chi connectivity index (χ1) is 11.2. The number of thioether (sulfide) groups is 1. The molecule has 118 valence electrons. The zero-order valence-electron chi connectivity index (χ0n) is 11.8. The molecule has 0 atom stereocenters. The molecule has 1 aromatic carbocycles. The van der Waals surface area contributed by atoms with Crippen LogP contribution in [0.5, 0.6) is 0 Å². The molecule has 23 heavy (non-hydrogen) atoms. The third kappa shape index (κ3) is 4.31. The van der Waals surface area contributed by atoms with Crippen LogP contribution in [0, 0.1) is 0 Å². The molecule has 6 nitrogen and oxygen atoms in total. The van der Waals surface area contributed by atoms with Crippen LogP contribution in [-0.4, -0.2) is 31.4 Å². The van der Waals surface area contributed by atoms with Crippen LogP contribution in [0.2, 0.25) is 5.02 Å². The van der Waals surface area contributed by atoms with Crippen molar-refractivity contribution in [2.24, 2.45) is 4.99 Å². The monoisotopic (exact) mass is 365 g/mol. The van der Waals surface area contributed by atoms with Crippen molar-refractivity contribution in [3.63, 3.8) is 0 Å². The van der Waals surface area contributed by atoms with Crippen LogP contribution >= 0.6 is 34.7 Å². The summed E-state index contributed by atoms with van der Waals surface area (Å²) in [5, 5.41) is 9.62. The Morgan fingerprint density at radius 2 is 2.30 bits per heavy atom. The van der Waals surface area contributed by atoms with E-state index < -0.39 is 0 Å². The van der Waals surface area contributed by atoms with Gasteiger partial charge in [-0.2, -0.15) is 10.1 Å². The number of amides is 1. The molecule has 2 aromatic heterocycles. The minimum atomic E-state index is -0.221. The van der Waals surface area contributed by atoms with Gasteiger partial charge < -0.3 is 4.57 Å². The first-order valence-corrected chi connectivity index (χ1v) is 8.90. The van der Waals surface area contributed by atoms with E-state index in [1.807, 2.05) is 40.4 Å². The minimum Gasteiger partial charge on any atom is -0.319 e. The summed E-state index contributed by atoms with van der Waals surface area (Å²) in [6.45, 7) is 0.574. The summed E-state index contributed by atoms with van der Waals surface area (Å²) in [6.07, 6.45) is 3.30. The molecule has 0 saturated carbocycles. The summed E-state index contributed by atoms with van der Waals surface area (Å²) in [5.74, 6) is -0.0131. The van der Waals surface area contributed by atoms with E-state index in [0.29, 0.717) is 21.5 Å². The molecule has 1 N–H and O–H groups in total. The molecule has 3 rings (SSSR count). The van der Waals surface area contributed by atoms with Crippen LogP contribution in [0.1, 0.15) is 5.56 Å². The molecule has 0 aliphatic heterocycles. The Balaban J connectivity index is 1.72. The van der Waals surface area contributed by atoms with Gasteiger partial charge in [0.25, 0.3) is 5.91 Å². The van der Waals surface area contributed by atoms with E-state index >= 15 is 0 Å². The van der Waals surface area contributed by atoms with E-state index in [-0.39, 0.29) is 11.7 Å². The highest BCUT2D eigenvalue weighted by molar-refractivity contribution is 7.99. The second-order valence-electron chi connectivity index (χ2n) is 4.49. The second kappa shape index (κ2) is 7.58. The van der Waals surface area contributed by atoms with Gasteiger partial charge in [0.05, 0.1) is 12.3 Å². The van der Waals surface area contributed by atoms with Crippen LogP contribution in [0.3, 0.4) is 0 Å². The standard InChI is InChI=1S/C14H12ClN5OS2/c15-11-4-2-1-3-10(11)7-20-5-6-22-14(20)18-12(21)8-23-13-16-9-17-19-13/h1-6,9H,7-8H2,(H,16,17,19). The average molecular weight is 366 g/mol. The molecule has 1 amide bonds. The van der Waals surface area contributed by atoms with Gasteiger partial charge in [-0.1, -0.05) is 41.6 Å². The Kier molecular flexibility index (Phi) is 5.27. The van der Waals surface area contributed by atoms with E-state index in [0.717, 1.165) is 5.56 Å². The molecule has 2 heterocycles. The van der Waals surface area contributed by atoms with Crippen molar-refractivity contribution in [3.8, 4) is 0 Å². The van der Waals surface area contributed by atoms with Gasteiger partial charge in [0.1, 0.15) is 6.33 Å². The molecule has 0 unspecified atom stereocenters. The Hall–Kier alpha value is -1.90. The molecule has 0 fully saturated rings. The van der Waals surface area contributed by atoms with Crippen LogP contribution in [0.4, 0.5) is 0 Å². The molecular formula is C14H12ClN5OS2. The maximum Gasteiger partial charge on any atom is 0.258 e. The molecular weight excluding hydrogens is 354 g/mol. The highest BCUT2D eigenvalue weighted by Gasteiger charge is 2.06. The van der Waals surface area contributed by atoms with Crippen molar-refractivity contribution >= 4 is 40.6 Å². The van der Waals surface area contributed by atoms with Gasteiger partial charge in [0.2, 0.25) is 0 Å². The number of H-pyrrole nitrogens is 1. The quantitative estimate of drug-likeness (QED) is 0.705. The fourth-order valence-corrected chi connectivity index (χ4v) is 3.35. The van der Waals surface area contributed by atoms with Gasteiger partial charge in [-0.25, -0.2) is 4.98 Å². The lowest BCUT2D eigenvalue weighted by Crippen LogP contribution is -2.17. The van der Waals surface area contributed by atoms with Crippen molar-refractivity contribution in [1.82, 2.24) is 19.7 Å². The second-order valence-corrected chi connectivity index (χ2v) is 6.73. The fraction of sp³-hybridized carbons (Fsp3) is 0.143. The van der Waals surface area contributed by atoms with Crippen molar-refractivity contribution < 1.29 is 4.79 Å². The molecule has 9 heteroatoms. The largest absolute Gasteiger partial charge is 0.319 e. The van der Waals surface area contributed by atoms with E-state index in [1.165, 1.54) is 29.4 Å². The number of carbonyl (C=O) groups excluding carboxylic acids is 1. The topological polar surface area (TPSA) is 75.9 Å². The summed E-state index contributed by atoms with van der Waals surface area (Å²) in [5.41, 5.74) is 0.984. The molecule has 0 aliphatic carbocycles. The van der Waals surface area contributed by atoms with Crippen molar-refractivity contribution in [2.75, 3.05) is 5.75 Å². The number of benzene rings is 1. The molecule has 0 aliphatic rings. The number of carbonyl (C=O) groups is 1. The molecule has 0 bridgehead atoms. The first kappa shape index (κ1) is 16.0. The van der Waals surface area contributed by atoms with Crippen molar-refractivity contribution in [1.29, 1.82) is 0 Å². The summed E-state index contributed by atoms with van der Waals surface area (Å²) in [6, 6.07) is 7.63. The van der Waals surface area contributed by atoms with Crippen molar-refractivity contribution in [3.05, 3.63) is 57.6 Å². The van der Waals surface area contributed by atoms with Gasteiger partial charge in [-0.3, -0.25) is 9.89 Å². The van der Waals surface area contributed by atoms with E-state index in [2.05, 4.69) is 20.2 Å². The van der Waals surface area contributed by atoms with Gasteiger partial charge >= 0.3 is 0 Å². The third-order valence-corrected chi connectivity index (χ3v) is 4.93. The van der Waals surface area contributed by atoms with E-state index in [4.69, 9.17) is 11.6 Å². The number of nitrogens with one attached hydrogen (secondary N) is 1. The number of hydrogen-bond donors (Lipinski definition) is 1. The summed E-state index contributed by atoms with van der Waals surface area (Å²) < 4.78 is 1.91. The zero-order chi connectivity index (χ0) is 16.1. The van der Waals surface area contributed by atoms with Crippen LogP contribution < -0.4 is 4.80 Å². The predicted octanol–water partition coefficient (Wildman–Crippen LogP) is 2.59. The Morgan fingerprint density at radius 3 is 3.09 bits per heavy atom. The van der Waals surface area contributed by atoms with Crippen LogP contribution in [0.15, 0.2) is 52.3 Å². The summed E-state index contributed by atoms with van der Waals surface area (Å²) >= 11 is 8.86. The molecule has 3 aromatic rings. The van der Waals surface area contributed by atoms with E-state index in [9.17, 15) is 4.79 Å². The number of halogens is 1. The number of hydrogen-bond acceptors (Lipinski definition) is 5. The highest BCUT2D eigenvalue weighted by atomic mass is 35.5. The van der Waals surface area contributed by atoms with Gasteiger partial charge in [-0.15, -0.1) is 11.3 Å². The molecule has 0 radical (unpaired) electrons. The number of aromatic amines is 1. The highest BCUT2D eigenvalue weighted by Crippen LogP contribution is 2.15. The lowest BCUT2D eigenvalue weighted by Gasteiger charge is -2.05. The zero-order valence-corrected chi connectivity index (χ0v) is 14.2. The SMILES string of the molecule is O=C(CSc1ncn[nH]1)N=c1sccn1Cc1ccccc1Cl. The normalized spacial score (nSPS) is 11.8. The predicted molar refractivity (Wildman–Crippen MR) is 90.5 cm³/mol. The number of aromatic nitrogens is 4. The van der Waals surface area contributed by atoms with Crippen LogP contribution in [0.25, 0.3) is 0 Å². The molecule has 0 spiro atoms. The smallest absolute Gasteiger partial charge is 0.258 e. The lowest BCUT2D eigenvalue weighted by molar-refractivity contribution is -0.115. The van der Waals surface area contributed by atoms with Crippen molar-refractivity contribution in [2.45, 2.75) is 11.7 Å². The third-order valence-electron chi connectivity index (χ3n) is 2.90. The maximum absolute atomic E-state index is 12.0. The van der Waals surface area contributed by atoms with Crippen LogP contribution in [-0.2, 0) is 11.3 Å². The Morgan fingerprint density at radius 1 is 1.43 bits per heavy atom. The summed E-state index contributed by atoms with van der Waals surface area (Å²) in [7, 11) is 0.